The van der Waals surface area contributed by atoms with E-state index >= 15 is 0 Å². The van der Waals surface area contributed by atoms with Crippen LogP contribution < -0.4 is 11.1 Å². The second-order valence-electron chi connectivity index (χ2n) is 5.35. The summed E-state index contributed by atoms with van der Waals surface area (Å²) in [4.78, 5) is 11.5. The third-order valence-electron chi connectivity index (χ3n) is 4.02. The minimum absolute atomic E-state index is 0.191. The number of primary amides is 1. The zero-order chi connectivity index (χ0) is 13.4. The van der Waals surface area contributed by atoms with Crippen molar-refractivity contribution in [2.75, 3.05) is 13.7 Å². The molecule has 2 atom stereocenters. The number of carbonyl (C=O) groups excluding carboxylic acids is 1. The van der Waals surface area contributed by atoms with Crippen molar-refractivity contribution in [3.63, 3.8) is 0 Å². The van der Waals surface area contributed by atoms with E-state index in [0.29, 0.717) is 6.42 Å². The molecule has 0 heterocycles. The topological polar surface area (TPSA) is 64.3 Å². The molecule has 4 nitrogen and oxygen atoms in total. The number of unbranched alkanes of at least 4 members (excludes halogenated alkanes) is 4. The maximum absolute atomic E-state index is 11.5. The van der Waals surface area contributed by atoms with Crippen LogP contribution in [0.15, 0.2) is 0 Å². The fraction of sp³-hybridized carbons (Fsp3) is 0.929. The SMILES string of the molecule is CCCCCCCOC1CCC(NC)(C(N)=O)C1. The van der Waals surface area contributed by atoms with E-state index in [9.17, 15) is 4.79 Å². The molecular weight excluding hydrogens is 228 g/mol. The number of carbonyl (C=O) groups is 1. The smallest absolute Gasteiger partial charge is 0.237 e. The second kappa shape index (κ2) is 7.74. The first-order valence-corrected chi connectivity index (χ1v) is 7.25. The molecule has 1 aliphatic rings. The van der Waals surface area contributed by atoms with Crippen molar-refractivity contribution >= 4 is 5.91 Å². The lowest BCUT2D eigenvalue weighted by Crippen LogP contribution is -2.52. The van der Waals surface area contributed by atoms with Crippen LogP contribution in [0.3, 0.4) is 0 Å². The van der Waals surface area contributed by atoms with Crippen molar-refractivity contribution in [3.8, 4) is 0 Å². The Morgan fingerprint density at radius 3 is 2.67 bits per heavy atom. The van der Waals surface area contributed by atoms with Crippen LogP contribution in [0.5, 0.6) is 0 Å². The number of ether oxygens (including phenoxy) is 1. The monoisotopic (exact) mass is 256 g/mol. The van der Waals surface area contributed by atoms with Gasteiger partial charge in [-0.3, -0.25) is 4.79 Å². The molecule has 3 N–H and O–H groups in total. The van der Waals surface area contributed by atoms with Crippen molar-refractivity contribution in [1.29, 1.82) is 0 Å². The normalized spacial score (nSPS) is 27.6. The number of hydrogen-bond donors (Lipinski definition) is 2. The Morgan fingerprint density at radius 2 is 2.11 bits per heavy atom. The van der Waals surface area contributed by atoms with Crippen molar-refractivity contribution < 1.29 is 9.53 Å². The Hall–Kier alpha value is -0.610. The molecule has 2 unspecified atom stereocenters. The molecule has 1 rings (SSSR count). The standard InChI is InChI=1S/C14H28N2O2/c1-3-4-5-6-7-10-18-12-8-9-14(11-12,16-2)13(15)17/h12,16H,3-11H2,1-2H3,(H2,15,17). The van der Waals surface area contributed by atoms with Crippen molar-refractivity contribution in [1.82, 2.24) is 5.32 Å². The van der Waals surface area contributed by atoms with Gasteiger partial charge in [-0.05, 0) is 26.3 Å². The van der Waals surface area contributed by atoms with Gasteiger partial charge in [-0.1, -0.05) is 32.6 Å². The van der Waals surface area contributed by atoms with E-state index in [1.165, 1.54) is 25.7 Å². The summed E-state index contributed by atoms with van der Waals surface area (Å²) < 4.78 is 5.84. The fourth-order valence-electron chi connectivity index (χ4n) is 2.67. The molecule has 0 aromatic heterocycles. The molecule has 0 bridgehead atoms. The first-order valence-electron chi connectivity index (χ1n) is 7.25. The Balaban J connectivity index is 2.16. The molecule has 0 spiro atoms. The highest BCUT2D eigenvalue weighted by Gasteiger charge is 2.43. The minimum atomic E-state index is -0.535. The van der Waals surface area contributed by atoms with Crippen LogP contribution >= 0.6 is 0 Å². The zero-order valence-corrected chi connectivity index (χ0v) is 11.8. The highest BCUT2D eigenvalue weighted by atomic mass is 16.5. The van der Waals surface area contributed by atoms with Crippen LogP contribution in [0.25, 0.3) is 0 Å². The third kappa shape index (κ3) is 4.25. The average Bonchev–Trinajstić information content (AvgIpc) is 2.78. The lowest BCUT2D eigenvalue weighted by atomic mass is 9.97. The number of amides is 1. The quantitative estimate of drug-likeness (QED) is 0.620. The maximum Gasteiger partial charge on any atom is 0.237 e. The first kappa shape index (κ1) is 15.4. The summed E-state index contributed by atoms with van der Waals surface area (Å²) >= 11 is 0. The lowest BCUT2D eigenvalue weighted by molar-refractivity contribution is -0.124. The first-order chi connectivity index (χ1) is 8.64. The third-order valence-corrected chi connectivity index (χ3v) is 4.02. The molecule has 1 aliphatic carbocycles. The molecule has 0 saturated heterocycles. The predicted octanol–water partition coefficient (Wildman–Crippen LogP) is 1.97. The molecule has 0 radical (unpaired) electrons. The Bertz CT molecular complexity index is 258. The van der Waals surface area contributed by atoms with Crippen LogP contribution in [0.1, 0.15) is 58.3 Å². The molecule has 18 heavy (non-hydrogen) atoms. The van der Waals surface area contributed by atoms with Gasteiger partial charge in [0, 0.05) is 13.0 Å². The van der Waals surface area contributed by atoms with Gasteiger partial charge in [-0.2, -0.15) is 0 Å². The van der Waals surface area contributed by atoms with Crippen molar-refractivity contribution in [3.05, 3.63) is 0 Å². The van der Waals surface area contributed by atoms with E-state index in [1.54, 1.807) is 7.05 Å². The molecule has 1 saturated carbocycles. The van der Waals surface area contributed by atoms with Crippen LogP contribution in [0.4, 0.5) is 0 Å². The minimum Gasteiger partial charge on any atom is -0.378 e. The maximum atomic E-state index is 11.5. The summed E-state index contributed by atoms with van der Waals surface area (Å²) in [5, 5.41) is 3.07. The summed E-state index contributed by atoms with van der Waals surface area (Å²) in [6, 6.07) is 0. The van der Waals surface area contributed by atoms with Gasteiger partial charge < -0.3 is 15.8 Å². The lowest BCUT2D eigenvalue weighted by Gasteiger charge is -2.24. The summed E-state index contributed by atoms with van der Waals surface area (Å²) in [5.41, 5.74) is 4.92. The fourth-order valence-corrected chi connectivity index (χ4v) is 2.67. The highest BCUT2D eigenvalue weighted by Crippen LogP contribution is 2.31. The van der Waals surface area contributed by atoms with Gasteiger partial charge >= 0.3 is 0 Å². The highest BCUT2D eigenvalue weighted by molar-refractivity contribution is 5.85. The largest absolute Gasteiger partial charge is 0.378 e. The summed E-state index contributed by atoms with van der Waals surface area (Å²) in [5.74, 6) is -0.251. The van der Waals surface area contributed by atoms with Crippen molar-refractivity contribution in [2.45, 2.75) is 69.9 Å². The van der Waals surface area contributed by atoms with E-state index in [2.05, 4.69) is 12.2 Å². The van der Waals surface area contributed by atoms with Crippen LogP contribution in [0, 0.1) is 0 Å². The predicted molar refractivity (Wildman–Crippen MR) is 73.3 cm³/mol. The number of hydrogen-bond acceptors (Lipinski definition) is 3. The number of nitrogens with two attached hydrogens (primary N) is 1. The van der Waals surface area contributed by atoms with Crippen LogP contribution in [0.2, 0.25) is 0 Å². The zero-order valence-electron chi connectivity index (χ0n) is 11.8. The molecular formula is C14H28N2O2. The van der Waals surface area contributed by atoms with E-state index in [0.717, 1.165) is 25.9 Å². The van der Waals surface area contributed by atoms with E-state index in [1.807, 2.05) is 0 Å². The van der Waals surface area contributed by atoms with E-state index in [-0.39, 0.29) is 12.0 Å². The number of likely N-dealkylation sites (N-methyl/N-ethyl adjacent to an activating group) is 1. The molecule has 0 aromatic carbocycles. The summed E-state index contributed by atoms with van der Waals surface area (Å²) in [7, 11) is 1.80. The van der Waals surface area contributed by atoms with E-state index in [4.69, 9.17) is 10.5 Å². The summed E-state index contributed by atoms with van der Waals surface area (Å²) in [6.07, 6.45) is 8.88. The van der Waals surface area contributed by atoms with Gasteiger partial charge in [0.25, 0.3) is 0 Å². The van der Waals surface area contributed by atoms with E-state index < -0.39 is 5.54 Å². The number of nitrogens with one attached hydrogen (secondary N) is 1. The second-order valence-corrected chi connectivity index (χ2v) is 5.35. The van der Waals surface area contributed by atoms with Gasteiger partial charge in [-0.15, -0.1) is 0 Å². The molecule has 1 fully saturated rings. The van der Waals surface area contributed by atoms with Crippen LogP contribution in [-0.2, 0) is 9.53 Å². The van der Waals surface area contributed by atoms with Gasteiger partial charge in [0.05, 0.1) is 11.6 Å². The average molecular weight is 256 g/mol. The van der Waals surface area contributed by atoms with Gasteiger partial charge in [-0.25, -0.2) is 0 Å². The molecule has 0 aliphatic heterocycles. The van der Waals surface area contributed by atoms with Crippen molar-refractivity contribution in [2.24, 2.45) is 5.73 Å². The Labute approximate surface area is 111 Å². The van der Waals surface area contributed by atoms with Gasteiger partial charge in [0.15, 0.2) is 0 Å². The molecule has 4 heteroatoms. The molecule has 0 aromatic rings. The number of rotatable bonds is 9. The molecule has 106 valence electrons. The Morgan fingerprint density at radius 1 is 1.39 bits per heavy atom. The Kier molecular flexibility index (Phi) is 6.65. The van der Waals surface area contributed by atoms with Crippen LogP contribution in [-0.4, -0.2) is 31.2 Å². The molecule has 1 amide bonds. The van der Waals surface area contributed by atoms with Gasteiger partial charge in [0.2, 0.25) is 5.91 Å². The summed E-state index contributed by atoms with van der Waals surface area (Å²) in [6.45, 7) is 3.03. The van der Waals surface area contributed by atoms with Gasteiger partial charge in [0.1, 0.15) is 0 Å².